The van der Waals surface area contributed by atoms with Gasteiger partial charge in [0.05, 0.1) is 11.5 Å². The molecule has 1 saturated heterocycles. The largest absolute Gasteiger partial charge is 0.375 e. The van der Waals surface area contributed by atoms with Gasteiger partial charge in [0, 0.05) is 37.0 Å². The molecule has 8 nitrogen and oxygen atoms in total. The summed E-state index contributed by atoms with van der Waals surface area (Å²) >= 11 is 0. The Balaban J connectivity index is 1.69. The van der Waals surface area contributed by atoms with Crippen molar-refractivity contribution in [3.05, 3.63) is 63.7 Å². The summed E-state index contributed by atoms with van der Waals surface area (Å²) in [6.45, 7) is 3.51. The second-order valence-electron chi connectivity index (χ2n) is 6.34. The fraction of sp³-hybridized carbons (Fsp3) is 0.263. The van der Waals surface area contributed by atoms with Crippen molar-refractivity contribution in [1.82, 2.24) is 5.32 Å². The van der Waals surface area contributed by atoms with Gasteiger partial charge in [-0.1, -0.05) is 12.1 Å². The number of rotatable bonds is 6. The highest BCUT2D eigenvalue weighted by Gasteiger charge is 2.17. The summed E-state index contributed by atoms with van der Waals surface area (Å²) in [5.74, 6) is -0.208. The first kappa shape index (κ1) is 18.4. The van der Waals surface area contributed by atoms with E-state index in [2.05, 4.69) is 10.6 Å². The van der Waals surface area contributed by atoms with Crippen molar-refractivity contribution in [1.29, 1.82) is 0 Å². The molecule has 1 aliphatic heterocycles. The summed E-state index contributed by atoms with van der Waals surface area (Å²) in [4.78, 5) is 35.7. The number of piperazine rings is 1. The molecule has 0 unspecified atom stereocenters. The summed E-state index contributed by atoms with van der Waals surface area (Å²) in [5.41, 5.74) is 2.46. The molecule has 2 aromatic rings. The van der Waals surface area contributed by atoms with Crippen molar-refractivity contribution in [2.75, 3.05) is 29.9 Å². The molecule has 27 heavy (non-hydrogen) atoms. The summed E-state index contributed by atoms with van der Waals surface area (Å²) in [6, 6.07) is 12.1. The second kappa shape index (κ2) is 7.86. The number of nitro benzene ring substituents is 1. The van der Waals surface area contributed by atoms with Gasteiger partial charge in [-0.05, 0) is 36.8 Å². The molecule has 2 N–H and O–H groups in total. The Kier molecular flexibility index (Phi) is 5.35. The molecule has 0 saturated carbocycles. The van der Waals surface area contributed by atoms with Gasteiger partial charge >= 0.3 is 0 Å². The van der Waals surface area contributed by atoms with Crippen LogP contribution >= 0.6 is 0 Å². The minimum absolute atomic E-state index is 0.00769. The number of amides is 1. The van der Waals surface area contributed by atoms with Crippen LogP contribution < -0.4 is 15.5 Å². The molecule has 0 bridgehead atoms. The minimum atomic E-state index is -0.501. The minimum Gasteiger partial charge on any atom is -0.375 e. The Labute approximate surface area is 156 Å². The molecular weight excluding hydrogens is 348 g/mol. The van der Waals surface area contributed by atoms with E-state index in [9.17, 15) is 19.7 Å². The van der Waals surface area contributed by atoms with Gasteiger partial charge in [-0.3, -0.25) is 19.7 Å². The number of hydrogen-bond acceptors (Lipinski definition) is 6. The van der Waals surface area contributed by atoms with E-state index in [4.69, 9.17) is 0 Å². The van der Waals surface area contributed by atoms with E-state index in [1.807, 2.05) is 29.2 Å². The van der Waals surface area contributed by atoms with Crippen LogP contribution in [-0.4, -0.2) is 36.2 Å². The lowest BCUT2D eigenvalue weighted by Gasteiger charge is -2.28. The average Bonchev–Trinajstić information content (AvgIpc) is 2.66. The highest BCUT2D eigenvalue weighted by Crippen LogP contribution is 2.26. The maximum absolute atomic E-state index is 11.5. The summed E-state index contributed by atoms with van der Waals surface area (Å²) in [7, 11) is 0. The number of hydrogen-bond donors (Lipinski definition) is 2. The third kappa shape index (κ3) is 4.41. The molecule has 3 rings (SSSR count). The number of ketones is 1. The van der Waals surface area contributed by atoms with E-state index in [1.54, 1.807) is 12.1 Å². The average molecular weight is 368 g/mol. The molecule has 0 spiro atoms. The van der Waals surface area contributed by atoms with Crippen molar-refractivity contribution in [2.24, 2.45) is 0 Å². The topological polar surface area (TPSA) is 105 Å². The van der Waals surface area contributed by atoms with Crippen LogP contribution in [0.3, 0.4) is 0 Å². The SMILES string of the molecule is CC(=O)c1ccc(NCc2ccc(N3CCNC(=O)C3)cc2)c([N+](=O)[O-])c1. The van der Waals surface area contributed by atoms with Crippen LogP contribution in [0.15, 0.2) is 42.5 Å². The van der Waals surface area contributed by atoms with E-state index in [0.717, 1.165) is 17.8 Å². The predicted octanol–water partition coefficient (Wildman–Crippen LogP) is 2.35. The number of nitrogens with one attached hydrogen (secondary N) is 2. The zero-order valence-corrected chi connectivity index (χ0v) is 14.9. The van der Waals surface area contributed by atoms with E-state index < -0.39 is 4.92 Å². The van der Waals surface area contributed by atoms with Gasteiger partial charge < -0.3 is 15.5 Å². The lowest BCUT2D eigenvalue weighted by molar-refractivity contribution is -0.384. The highest BCUT2D eigenvalue weighted by atomic mass is 16.6. The predicted molar refractivity (Wildman–Crippen MR) is 102 cm³/mol. The van der Waals surface area contributed by atoms with Crippen LogP contribution in [-0.2, 0) is 11.3 Å². The molecule has 0 radical (unpaired) electrons. The number of benzene rings is 2. The second-order valence-corrected chi connectivity index (χ2v) is 6.34. The first-order valence-electron chi connectivity index (χ1n) is 8.58. The van der Waals surface area contributed by atoms with E-state index >= 15 is 0 Å². The fourth-order valence-corrected chi connectivity index (χ4v) is 2.93. The number of nitrogens with zero attached hydrogens (tertiary/aromatic N) is 2. The summed E-state index contributed by atoms with van der Waals surface area (Å²) in [6.07, 6.45) is 0. The maximum atomic E-state index is 11.5. The number of nitro groups is 1. The van der Waals surface area contributed by atoms with Crippen molar-refractivity contribution >= 4 is 28.8 Å². The maximum Gasteiger partial charge on any atom is 0.293 e. The molecule has 2 aromatic carbocycles. The zero-order valence-electron chi connectivity index (χ0n) is 14.9. The monoisotopic (exact) mass is 368 g/mol. The van der Waals surface area contributed by atoms with E-state index in [1.165, 1.54) is 13.0 Å². The highest BCUT2D eigenvalue weighted by molar-refractivity contribution is 5.95. The van der Waals surface area contributed by atoms with Crippen LogP contribution in [0.2, 0.25) is 0 Å². The number of anilines is 2. The molecular formula is C19H20N4O4. The molecule has 1 aliphatic rings. The summed E-state index contributed by atoms with van der Waals surface area (Å²) in [5, 5.41) is 17.1. The van der Waals surface area contributed by atoms with Gasteiger partial charge in [-0.25, -0.2) is 0 Å². The van der Waals surface area contributed by atoms with Crippen molar-refractivity contribution in [2.45, 2.75) is 13.5 Å². The van der Waals surface area contributed by atoms with E-state index in [-0.39, 0.29) is 17.4 Å². The molecule has 1 fully saturated rings. The van der Waals surface area contributed by atoms with Crippen LogP contribution in [0.25, 0.3) is 0 Å². The lowest BCUT2D eigenvalue weighted by Crippen LogP contribution is -2.47. The number of carbonyl (C=O) groups excluding carboxylic acids is 2. The Morgan fingerprint density at radius 3 is 2.63 bits per heavy atom. The Hall–Kier alpha value is -3.42. The molecule has 1 heterocycles. The zero-order chi connectivity index (χ0) is 19.4. The van der Waals surface area contributed by atoms with Gasteiger partial charge in [0.2, 0.25) is 5.91 Å². The Bertz CT molecular complexity index is 880. The van der Waals surface area contributed by atoms with Crippen LogP contribution in [0.4, 0.5) is 17.1 Å². The smallest absolute Gasteiger partial charge is 0.293 e. The van der Waals surface area contributed by atoms with Gasteiger partial charge in [0.15, 0.2) is 5.78 Å². The van der Waals surface area contributed by atoms with Crippen molar-refractivity contribution in [3.8, 4) is 0 Å². The standard InChI is InChI=1S/C19H20N4O4/c1-13(24)15-4-7-17(18(10-15)23(26)27)21-11-14-2-5-16(6-3-14)22-9-8-20-19(25)12-22/h2-7,10,21H,8-9,11-12H2,1H3,(H,20,25). The van der Waals surface area contributed by atoms with Gasteiger partial charge in [-0.15, -0.1) is 0 Å². The van der Waals surface area contributed by atoms with Crippen molar-refractivity contribution < 1.29 is 14.5 Å². The molecule has 140 valence electrons. The number of carbonyl (C=O) groups is 2. The van der Waals surface area contributed by atoms with Gasteiger partial charge in [0.25, 0.3) is 5.69 Å². The summed E-state index contributed by atoms with van der Waals surface area (Å²) < 4.78 is 0. The van der Waals surface area contributed by atoms with Crippen LogP contribution in [0, 0.1) is 10.1 Å². The number of Topliss-reactive ketones (excluding diaryl/α,β-unsaturated/α-hetero) is 1. The third-order valence-electron chi connectivity index (χ3n) is 4.42. The Morgan fingerprint density at radius 2 is 2.00 bits per heavy atom. The lowest BCUT2D eigenvalue weighted by atomic mass is 10.1. The molecule has 0 aliphatic carbocycles. The van der Waals surface area contributed by atoms with E-state index in [0.29, 0.717) is 30.9 Å². The first-order chi connectivity index (χ1) is 12.9. The molecule has 0 atom stereocenters. The normalized spacial score (nSPS) is 13.8. The van der Waals surface area contributed by atoms with Crippen molar-refractivity contribution in [3.63, 3.8) is 0 Å². The van der Waals surface area contributed by atoms with Gasteiger partial charge in [-0.2, -0.15) is 0 Å². The third-order valence-corrected chi connectivity index (χ3v) is 4.42. The first-order valence-corrected chi connectivity index (χ1v) is 8.58. The molecule has 1 amide bonds. The van der Waals surface area contributed by atoms with Crippen LogP contribution in [0.1, 0.15) is 22.8 Å². The quantitative estimate of drug-likeness (QED) is 0.461. The fourth-order valence-electron chi connectivity index (χ4n) is 2.93. The molecule has 0 aromatic heterocycles. The Morgan fingerprint density at radius 1 is 1.26 bits per heavy atom. The van der Waals surface area contributed by atoms with Gasteiger partial charge in [0.1, 0.15) is 5.69 Å². The van der Waals surface area contributed by atoms with Crippen LogP contribution in [0.5, 0.6) is 0 Å². The molecule has 8 heteroatoms.